The first-order valence-corrected chi connectivity index (χ1v) is 8.76. The Morgan fingerprint density at radius 1 is 1.17 bits per heavy atom. The number of rotatable bonds is 5. The second-order valence-electron chi connectivity index (χ2n) is 5.40. The molecule has 2 amide bonds. The fraction of sp³-hybridized carbons (Fsp3) is 0.222. The highest BCUT2D eigenvalue weighted by molar-refractivity contribution is 7.98. The van der Waals surface area contributed by atoms with Gasteiger partial charge < -0.3 is 10.1 Å². The fourth-order valence-corrected chi connectivity index (χ4v) is 3.12. The van der Waals surface area contributed by atoms with Crippen LogP contribution >= 0.6 is 11.8 Å². The van der Waals surface area contributed by atoms with E-state index in [9.17, 15) is 9.59 Å². The van der Waals surface area contributed by atoms with E-state index >= 15 is 0 Å². The largest absolute Gasteiger partial charge is 0.497 e. The Balaban J connectivity index is 1.77. The Hall–Kier alpha value is -2.47. The van der Waals surface area contributed by atoms with E-state index in [1.165, 1.54) is 4.90 Å². The molecule has 1 fully saturated rings. The second-order valence-corrected chi connectivity index (χ2v) is 6.28. The third-order valence-electron chi connectivity index (χ3n) is 3.89. The number of hydrogen-bond donors (Lipinski definition) is 1. The average Bonchev–Trinajstić information content (AvgIpc) is 2.89. The molecule has 1 aliphatic heterocycles. The van der Waals surface area contributed by atoms with E-state index in [1.54, 1.807) is 43.1 Å². The van der Waals surface area contributed by atoms with Gasteiger partial charge in [-0.05, 0) is 48.7 Å². The summed E-state index contributed by atoms with van der Waals surface area (Å²) in [4.78, 5) is 27.3. The minimum atomic E-state index is -0.545. The van der Waals surface area contributed by atoms with E-state index in [0.717, 1.165) is 10.6 Å². The van der Waals surface area contributed by atoms with Gasteiger partial charge in [0.2, 0.25) is 5.91 Å². The minimum Gasteiger partial charge on any atom is -0.497 e. The van der Waals surface area contributed by atoms with Gasteiger partial charge in [0, 0.05) is 10.6 Å². The predicted octanol–water partition coefficient (Wildman–Crippen LogP) is 3.16. The van der Waals surface area contributed by atoms with E-state index in [4.69, 9.17) is 4.74 Å². The number of anilines is 2. The van der Waals surface area contributed by atoms with Crippen LogP contribution in [0.4, 0.5) is 11.4 Å². The first kappa shape index (κ1) is 16.4. The van der Waals surface area contributed by atoms with Crippen LogP contribution in [0.2, 0.25) is 0 Å². The van der Waals surface area contributed by atoms with Crippen LogP contribution in [-0.4, -0.2) is 31.2 Å². The summed E-state index contributed by atoms with van der Waals surface area (Å²) in [7, 11) is 1.57. The smallest absolute Gasteiger partial charge is 0.256 e. The zero-order valence-electron chi connectivity index (χ0n) is 13.5. The number of nitrogens with one attached hydrogen (secondary N) is 1. The third-order valence-corrected chi connectivity index (χ3v) is 4.61. The summed E-state index contributed by atoms with van der Waals surface area (Å²) in [6, 6.07) is 14.1. The second kappa shape index (κ2) is 6.97. The van der Waals surface area contributed by atoms with Crippen molar-refractivity contribution >= 4 is 35.0 Å². The maximum Gasteiger partial charge on any atom is 0.256 e. The Morgan fingerprint density at radius 3 is 2.58 bits per heavy atom. The number of amides is 2. The quantitative estimate of drug-likeness (QED) is 0.668. The van der Waals surface area contributed by atoms with Crippen molar-refractivity contribution in [2.45, 2.75) is 17.4 Å². The van der Waals surface area contributed by atoms with Gasteiger partial charge in [0.05, 0.1) is 19.2 Å². The Labute approximate surface area is 145 Å². The standard InChI is InChI=1S/C18H18N2O3S/c1-23-14-8-6-13(7-9-14)20-17(21)11-16(18(20)22)19-12-4-3-5-15(10-12)24-2/h3-10,16,19H,11H2,1-2H3/t16-/m1/s1. The molecule has 5 nitrogen and oxygen atoms in total. The number of hydrogen-bond acceptors (Lipinski definition) is 5. The highest BCUT2D eigenvalue weighted by atomic mass is 32.2. The van der Waals surface area contributed by atoms with Gasteiger partial charge in [-0.3, -0.25) is 9.59 Å². The number of imide groups is 1. The van der Waals surface area contributed by atoms with E-state index < -0.39 is 6.04 Å². The number of benzene rings is 2. The van der Waals surface area contributed by atoms with Gasteiger partial charge in [0.15, 0.2) is 0 Å². The Morgan fingerprint density at radius 2 is 1.92 bits per heavy atom. The first-order chi connectivity index (χ1) is 11.6. The number of carbonyl (C=O) groups is 2. The van der Waals surface area contributed by atoms with Gasteiger partial charge >= 0.3 is 0 Å². The zero-order chi connectivity index (χ0) is 17.1. The summed E-state index contributed by atoms with van der Waals surface area (Å²) in [6.07, 6.45) is 2.14. The van der Waals surface area contributed by atoms with Gasteiger partial charge in [0.25, 0.3) is 5.91 Å². The minimum absolute atomic E-state index is 0.147. The third kappa shape index (κ3) is 3.23. The lowest BCUT2D eigenvalue weighted by atomic mass is 10.2. The molecule has 3 rings (SSSR count). The number of thioether (sulfide) groups is 1. The summed E-state index contributed by atoms with van der Waals surface area (Å²) in [5.41, 5.74) is 1.40. The number of methoxy groups -OCH3 is 1. The van der Waals surface area contributed by atoms with Crippen molar-refractivity contribution in [2.24, 2.45) is 0 Å². The molecule has 0 unspecified atom stereocenters. The van der Waals surface area contributed by atoms with Crippen LogP contribution in [0.3, 0.4) is 0 Å². The van der Waals surface area contributed by atoms with Crippen molar-refractivity contribution in [2.75, 3.05) is 23.6 Å². The monoisotopic (exact) mass is 342 g/mol. The SMILES string of the molecule is COc1ccc(N2C(=O)C[C@@H](Nc3cccc(SC)c3)C2=O)cc1. The Kier molecular flexibility index (Phi) is 4.76. The fourth-order valence-electron chi connectivity index (χ4n) is 2.66. The summed E-state index contributed by atoms with van der Waals surface area (Å²) in [5, 5.41) is 3.17. The van der Waals surface area contributed by atoms with Crippen molar-refractivity contribution in [1.82, 2.24) is 0 Å². The first-order valence-electron chi connectivity index (χ1n) is 7.54. The van der Waals surface area contributed by atoms with Crippen molar-refractivity contribution in [1.29, 1.82) is 0 Å². The van der Waals surface area contributed by atoms with Crippen molar-refractivity contribution < 1.29 is 14.3 Å². The topological polar surface area (TPSA) is 58.6 Å². The van der Waals surface area contributed by atoms with Gasteiger partial charge in [-0.25, -0.2) is 4.90 Å². The maximum atomic E-state index is 12.6. The van der Waals surface area contributed by atoms with Crippen LogP contribution in [0.1, 0.15) is 6.42 Å². The highest BCUT2D eigenvalue weighted by Crippen LogP contribution is 2.27. The van der Waals surface area contributed by atoms with E-state index in [1.807, 2.05) is 30.5 Å². The van der Waals surface area contributed by atoms with Crippen LogP contribution in [0.25, 0.3) is 0 Å². The molecule has 0 saturated carbocycles. The maximum absolute atomic E-state index is 12.6. The summed E-state index contributed by atoms with van der Waals surface area (Å²) < 4.78 is 5.10. The van der Waals surface area contributed by atoms with E-state index in [0.29, 0.717) is 11.4 Å². The molecule has 0 aliphatic carbocycles. The lowest BCUT2D eigenvalue weighted by Gasteiger charge is -2.16. The molecule has 0 spiro atoms. The Bertz CT molecular complexity index is 761. The summed E-state index contributed by atoms with van der Waals surface area (Å²) in [6.45, 7) is 0. The van der Waals surface area contributed by atoms with Crippen molar-refractivity contribution in [3.05, 3.63) is 48.5 Å². The van der Waals surface area contributed by atoms with Crippen LogP contribution < -0.4 is 15.0 Å². The summed E-state index contributed by atoms with van der Waals surface area (Å²) >= 11 is 1.63. The van der Waals surface area contributed by atoms with E-state index in [2.05, 4.69) is 5.32 Å². The number of carbonyl (C=O) groups excluding carboxylic acids is 2. The van der Waals surface area contributed by atoms with Gasteiger partial charge in [-0.1, -0.05) is 6.07 Å². The molecular weight excluding hydrogens is 324 g/mol. The number of ether oxygens (including phenoxy) is 1. The van der Waals surface area contributed by atoms with Gasteiger partial charge in [0.1, 0.15) is 11.8 Å². The highest BCUT2D eigenvalue weighted by Gasteiger charge is 2.39. The molecule has 1 N–H and O–H groups in total. The molecule has 124 valence electrons. The van der Waals surface area contributed by atoms with Crippen LogP contribution in [-0.2, 0) is 9.59 Å². The molecule has 1 atom stereocenters. The van der Waals surface area contributed by atoms with Crippen molar-refractivity contribution in [3.63, 3.8) is 0 Å². The molecule has 1 aliphatic rings. The lowest BCUT2D eigenvalue weighted by Crippen LogP contribution is -2.34. The average molecular weight is 342 g/mol. The lowest BCUT2D eigenvalue weighted by molar-refractivity contribution is -0.121. The normalized spacial score (nSPS) is 17.2. The van der Waals surface area contributed by atoms with E-state index in [-0.39, 0.29) is 18.2 Å². The number of nitrogens with zero attached hydrogens (tertiary/aromatic N) is 1. The molecule has 24 heavy (non-hydrogen) atoms. The molecule has 2 aromatic rings. The van der Waals surface area contributed by atoms with Crippen LogP contribution in [0.15, 0.2) is 53.4 Å². The van der Waals surface area contributed by atoms with Gasteiger partial charge in [-0.2, -0.15) is 0 Å². The molecule has 1 saturated heterocycles. The predicted molar refractivity (Wildman–Crippen MR) is 95.7 cm³/mol. The molecular formula is C18H18N2O3S. The molecule has 0 bridgehead atoms. The molecule has 1 heterocycles. The van der Waals surface area contributed by atoms with Crippen LogP contribution in [0.5, 0.6) is 5.75 Å². The summed E-state index contributed by atoms with van der Waals surface area (Å²) in [5.74, 6) is 0.241. The van der Waals surface area contributed by atoms with Gasteiger partial charge in [-0.15, -0.1) is 11.8 Å². The molecule has 2 aromatic carbocycles. The zero-order valence-corrected chi connectivity index (χ0v) is 14.3. The molecule has 0 radical (unpaired) electrons. The van der Waals surface area contributed by atoms with Crippen molar-refractivity contribution in [3.8, 4) is 5.75 Å². The molecule has 0 aromatic heterocycles. The molecule has 6 heteroatoms. The van der Waals surface area contributed by atoms with Crippen LogP contribution in [0, 0.1) is 0 Å².